The molecule has 92 valence electrons. The molecule has 1 aliphatic heterocycles. The maximum atomic E-state index is 10.5. The molecule has 1 atom stereocenters. The molecule has 1 fully saturated rings. The van der Waals surface area contributed by atoms with Gasteiger partial charge >= 0.3 is 7.12 Å². The maximum absolute atomic E-state index is 10.5. The molecule has 0 aromatic heterocycles. The van der Waals surface area contributed by atoms with Crippen molar-refractivity contribution in [2.45, 2.75) is 12.4 Å². The van der Waals surface area contributed by atoms with Crippen molar-refractivity contribution >= 4 is 7.12 Å². The molecule has 0 radical (unpaired) electrons. The van der Waals surface area contributed by atoms with Crippen molar-refractivity contribution in [3.05, 3.63) is 35.9 Å². The van der Waals surface area contributed by atoms with Gasteiger partial charge in [0.15, 0.2) is 0 Å². The van der Waals surface area contributed by atoms with Crippen LogP contribution in [0.25, 0.3) is 0 Å². The third-order valence-corrected chi connectivity index (χ3v) is 2.97. The summed E-state index contributed by atoms with van der Waals surface area (Å²) in [5.74, 6) is 0.310. The highest BCUT2D eigenvalue weighted by Crippen LogP contribution is 2.27. The standard InChI is InChI=1S/C12H17BO4/c1-10-7-16-13(17-8-10)12(15,9-14)11-5-3-2-4-6-11/h2-6,10,14-15H,7-9H2,1H3. The summed E-state index contributed by atoms with van der Waals surface area (Å²) in [5, 5.41) is 19.9. The minimum atomic E-state index is -1.50. The summed E-state index contributed by atoms with van der Waals surface area (Å²) in [6.07, 6.45) is 0. The number of benzene rings is 1. The van der Waals surface area contributed by atoms with Crippen LogP contribution in [-0.2, 0) is 14.8 Å². The lowest BCUT2D eigenvalue weighted by Crippen LogP contribution is -2.53. The molecule has 5 heteroatoms. The Kier molecular flexibility index (Phi) is 3.84. The summed E-state index contributed by atoms with van der Waals surface area (Å²) < 4.78 is 10.9. The Morgan fingerprint density at radius 1 is 1.29 bits per heavy atom. The Hall–Kier alpha value is -0.875. The number of hydrogen-bond donors (Lipinski definition) is 2. The summed E-state index contributed by atoms with van der Waals surface area (Å²) in [4.78, 5) is 0. The molecular formula is C12H17BO4. The van der Waals surface area contributed by atoms with Gasteiger partial charge < -0.3 is 19.5 Å². The summed E-state index contributed by atoms with van der Waals surface area (Å²) >= 11 is 0. The van der Waals surface area contributed by atoms with Gasteiger partial charge in [0, 0.05) is 13.2 Å². The first-order chi connectivity index (χ1) is 8.16. The van der Waals surface area contributed by atoms with Gasteiger partial charge in [-0.25, -0.2) is 0 Å². The maximum Gasteiger partial charge on any atom is 0.498 e. The van der Waals surface area contributed by atoms with Crippen LogP contribution in [0.5, 0.6) is 0 Å². The van der Waals surface area contributed by atoms with E-state index in [2.05, 4.69) is 0 Å². The van der Waals surface area contributed by atoms with Gasteiger partial charge in [0.25, 0.3) is 0 Å². The van der Waals surface area contributed by atoms with Gasteiger partial charge in [-0.3, -0.25) is 0 Å². The fourth-order valence-electron chi connectivity index (χ4n) is 1.90. The molecule has 1 heterocycles. The van der Waals surface area contributed by atoms with Gasteiger partial charge in [-0.2, -0.15) is 0 Å². The van der Waals surface area contributed by atoms with Crippen molar-refractivity contribution in [3.8, 4) is 0 Å². The van der Waals surface area contributed by atoms with E-state index in [1.807, 2.05) is 13.0 Å². The van der Waals surface area contributed by atoms with E-state index in [0.717, 1.165) is 0 Å². The van der Waals surface area contributed by atoms with Crippen molar-refractivity contribution in [1.82, 2.24) is 0 Å². The Bertz CT molecular complexity index is 351. The lowest BCUT2D eigenvalue weighted by molar-refractivity contribution is -0.0208. The summed E-state index contributed by atoms with van der Waals surface area (Å²) in [6.45, 7) is 2.63. The van der Waals surface area contributed by atoms with Crippen molar-refractivity contribution < 1.29 is 19.5 Å². The van der Waals surface area contributed by atoms with Crippen LogP contribution in [0.15, 0.2) is 30.3 Å². The molecule has 1 aromatic rings. The molecule has 0 spiro atoms. The van der Waals surface area contributed by atoms with Crippen molar-refractivity contribution in [1.29, 1.82) is 0 Å². The van der Waals surface area contributed by atoms with Gasteiger partial charge in [-0.1, -0.05) is 37.3 Å². The second kappa shape index (κ2) is 5.18. The van der Waals surface area contributed by atoms with Crippen molar-refractivity contribution in [3.63, 3.8) is 0 Å². The largest absolute Gasteiger partial charge is 0.498 e. The summed E-state index contributed by atoms with van der Waals surface area (Å²) in [7, 11) is -0.814. The minimum absolute atomic E-state index is 0.310. The highest BCUT2D eigenvalue weighted by Gasteiger charge is 2.47. The normalized spacial score (nSPS) is 21.2. The first kappa shape index (κ1) is 12.6. The van der Waals surface area contributed by atoms with E-state index in [-0.39, 0.29) is 0 Å². The van der Waals surface area contributed by atoms with Gasteiger partial charge in [-0.05, 0) is 11.5 Å². The Morgan fingerprint density at radius 2 is 1.88 bits per heavy atom. The van der Waals surface area contributed by atoms with E-state index in [4.69, 9.17) is 9.31 Å². The molecule has 1 saturated heterocycles. The van der Waals surface area contributed by atoms with Crippen LogP contribution in [0, 0.1) is 5.92 Å². The quantitative estimate of drug-likeness (QED) is 0.753. The highest BCUT2D eigenvalue weighted by molar-refractivity contribution is 6.48. The Labute approximate surface area is 101 Å². The van der Waals surface area contributed by atoms with Crippen LogP contribution in [-0.4, -0.2) is 37.2 Å². The molecular weight excluding hydrogens is 219 g/mol. The zero-order valence-electron chi connectivity index (χ0n) is 9.87. The predicted octanol–water partition coefficient (Wildman–Crippen LogP) is 0.577. The number of aliphatic hydroxyl groups is 2. The molecule has 2 rings (SSSR count). The van der Waals surface area contributed by atoms with Crippen LogP contribution >= 0.6 is 0 Å². The predicted molar refractivity (Wildman–Crippen MR) is 64.2 cm³/mol. The second-order valence-corrected chi connectivity index (χ2v) is 4.55. The molecule has 2 N–H and O–H groups in total. The first-order valence-electron chi connectivity index (χ1n) is 5.79. The van der Waals surface area contributed by atoms with E-state index in [1.165, 1.54) is 0 Å². The van der Waals surface area contributed by atoms with E-state index < -0.39 is 19.2 Å². The monoisotopic (exact) mass is 236 g/mol. The highest BCUT2D eigenvalue weighted by atomic mass is 16.6. The fourth-order valence-corrected chi connectivity index (χ4v) is 1.90. The average Bonchev–Trinajstić information content (AvgIpc) is 2.40. The molecule has 1 aromatic carbocycles. The summed E-state index contributed by atoms with van der Waals surface area (Å²) in [6, 6.07) is 8.97. The zero-order valence-corrected chi connectivity index (χ0v) is 9.87. The lowest BCUT2D eigenvalue weighted by Gasteiger charge is -2.35. The van der Waals surface area contributed by atoms with Gasteiger partial charge in [0.2, 0.25) is 0 Å². The zero-order chi connectivity index (χ0) is 12.3. The SMILES string of the molecule is CC1COB(C(O)(CO)c2ccccc2)OC1. The minimum Gasteiger partial charge on any atom is -0.409 e. The van der Waals surface area contributed by atoms with E-state index in [1.54, 1.807) is 24.3 Å². The fraction of sp³-hybridized carbons (Fsp3) is 0.500. The van der Waals surface area contributed by atoms with Gasteiger partial charge in [-0.15, -0.1) is 0 Å². The molecule has 0 saturated carbocycles. The number of rotatable bonds is 3. The molecule has 0 amide bonds. The lowest BCUT2D eigenvalue weighted by atomic mass is 9.63. The van der Waals surface area contributed by atoms with Crippen LogP contribution in [0.4, 0.5) is 0 Å². The smallest absolute Gasteiger partial charge is 0.409 e. The third kappa shape index (κ3) is 2.52. The third-order valence-electron chi connectivity index (χ3n) is 2.97. The van der Waals surface area contributed by atoms with Gasteiger partial charge in [0.05, 0.1) is 6.61 Å². The second-order valence-electron chi connectivity index (χ2n) is 4.55. The average molecular weight is 236 g/mol. The van der Waals surface area contributed by atoms with Crippen LogP contribution < -0.4 is 0 Å². The van der Waals surface area contributed by atoms with Crippen LogP contribution in [0.2, 0.25) is 0 Å². The molecule has 1 unspecified atom stereocenters. The van der Waals surface area contributed by atoms with Gasteiger partial charge in [0.1, 0.15) is 5.50 Å². The van der Waals surface area contributed by atoms with E-state index >= 15 is 0 Å². The van der Waals surface area contributed by atoms with E-state index in [9.17, 15) is 10.2 Å². The van der Waals surface area contributed by atoms with E-state index in [0.29, 0.717) is 24.7 Å². The number of aliphatic hydroxyl groups excluding tert-OH is 1. The van der Waals surface area contributed by atoms with Crippen LogP contribution in [0.3, 0.4) is 0 Å². The summed E-state index contributed by atoms with van der Waals surface area (Å²) in [5.41, 5.74) is -0.899. The number of hydrogen-bond acceptors (Lipinski definition) is 4. The molecule has 1 aliphatic rings. The molecule has 17 heavy (non-hydrogen) atoms. The van der Waals surface area contributed by atoms with Crippen molar-refractivity contribution in [2.24, 2.45) is 5.92 Å². The molecule has 0 aliphatic carbocycles. The molecule has 0 bridgehead atoms. The Balaban J connectivity index is 2.19. The van der Waals surface area contributed by atoms with Crippen molar-refractivity contribution in [2.75, 3.05) is 19.8 Å². The van der Waals surface area contributed by atoms with Crippen LogP contribution in [0.1, 0.15) is 12.5 Å². The molecule has 4 nitrogen and oxygen atoms in total. The first-order valence-corrected chi connectivity index (χ1v) is 5.79. The Morgan fingerprint density at radius 3 is 2.41 bits per heavy atom. The topological polar surface area (TPSA) is 58.9 Å².